The fourth-order valence-corrected chi connectivity index (χ4v) is 3.42. The molecule has 1 saturated carbocycles. The average Bonchev–Trinajstić information content (AvgIpc) is 2.63. The molecule has 7 heteroatoms. The molecular formula is C19H28BrN3O3. The van der Waals surface area contributed by atoms with E-state index in [4.69, 9.17) is 4.74 Å². The van der Waals surface area contributed by atoms with Gasteiger partial charge in [-0.1, -0.05) is 35.2 Å². The molecule has 2 rings (SSSR count). The number of aryl methyl sites for hydroxylation is 1. The van der Waals surface area contributed by atoms with Crippen molar-refractivity contribution in [3.8, 4) is 0 Å². The topological polar surface area (TPSA) is 79.5 Å². The number of halogens is 1. The number of rotatable bonds is 8. The van der Waals surface area contributed by atoms with E-state index in [2.05, 4.69) is 31.9 Å². The zero-order valence-corrected chi connectivity index (χ0v) is 16.9. The Morgan fingerprint density at radius 3 is 2.69 bits per heavy atom. The lowest BCUT2D eigenvalue weighted by molar-refractivity contribution is -0.115. The van der Waals surface area contributed by atoms with Gasteiger partial charge in [0.1, 0.15) is 0 Å². The summed E-state index contributed by atoms with van der Waals surface area (Å²) in [6, 6.07) is 5.26. The third-order valence-corrected chi connectivity index (χ3v) is 4.88. The fraction of sp³-hybridized carbons (Fsp3) is 0.579. The quantitative estimate of drug-likeness (QED) is 0.555. The summed E-state index contributed by atoms with van der Waals surface area (Å²) in [6.45, 7) is 3.04. The Balaban J connectivity index is 1.54. The minimum absolute atomic E-state index is 0.0695. The Bertz CT molecular complexity index is 604. The lowest BCUT2D eigenvalue weighted by Gasteiger charge is -2.21. The van der Waals surface area contributed by atoms with Crippen molar-refractivity contribution in [1.82, 2.24) is 10.6 Å². The number of carbonyl (C=O) groups excluding carboxylic acids is 2. The van der Waals surface area contributed by atoms with Crippen LogP contribution < -0.4 is 16.0 Å². The van der Waals surface area contributed by atoms with Crippen LogP contribution in [0.15, 0.2) is 22.7 Å². The lowest BCUT2D eigenvalue weighted by atomic mass is 9.98. The molecular weight excluding hydrogens is 398 g/mol. The van der Waals surface area contributed by atoms with Crippen molar-refractivity contribution in [2.45, 2.75) is 51.6 Å². The molecule has 0 saturated heterocycles. The van der Waals surface area contributed by atoms with E-state index in [0.29, 0.717) is 19.3 Å². The van der Waals surface area contributed by atoms with Gasteiger partial charge in [-0.25, -0.2) is 4.79 Å². The first-order valence-corrected chi connectivity index (χ1v) is 10.0. The van der Waals surface area contributed by atoms with E-state index < -0.39 is 0 Å². The minimum Gasteiger partial charge on any atom is -0.378 e. The van der Waals surface area contributed by atoms with Gasteiger partial charge in [-0.2, -0.15) is 0 Å². The van der Waals surface area contributed by atoms with Crippen LogP contribution in [0.25, 0.3) is 0 Å². The molecule has 0 bridgehead atoms. The van der Waals surface area contributed by atoms with Crippen LogP contribution in [0.5, 0.6) is 0 Å². The number of ether oxygens (including phenoxy) is 1. The summed E-state index contributed by atoms with van der Waals surface area (Å²) in [5.41, 5.74) is 1.69. The van der Waals surface area contributed by atoms with Crippen LogP contribution in [-0.4, -0.2) is 37.7 Å². The van der Waals surface area contributed by atoms with E-state index in [9.17, 15) is 9.59 Å². The van der Waals surface area contributed by atoms with Crippen LogP contribution in [0, 0.1) is 6.92 Å². The second-order valence-electron chi connectivity index (χ2n) is 6.60. The van der Waals surface area contributed by atoms with Gasteiger partial charge in [-0.05, 0) is 49.9 Å². The van der Waals surface area contributed by atoms with E-state index in [-0.39, 0.29) is 18.5 Å². The molecule has 0 unspecified atom stereocenters. The number of nitrogens with one attached hydrogen (secondary N) is 3. The lowest BCUT2D eigenvalue weighted by Crippen LogP contribution is -2.40. The van der Waals surface area contributed by atoms with Crippen molar-refractivity contribution in [2.24, 2.45) is 0 Å². The highest BCUT2D eigenvalue weighted by molar-refractivity contribution is 9.10. The van der Waals surface area contributed by atoms with Gasteiger partial charge >= 0.3 is 6.03 Å². The zero-order chi connectivity index (χ0) is 18.8. The Labute approximate surface area is 163 Å². The number of carbonyl (C=O) groups is 2. The Hall–Kier alpha value is -1.60. The molecule has 1 fully saturated rings. The van der Waals surface area contributed by atoms with Crippen molar-refractivity contribution in [1.29, 1.82) is 0 Å². The first-order valence-electron chi connectivity index (χ1n) is 9.24. The van der Waals surface area contributed by atoms with Crippen molar-refractivity contribution < 1.29 is 14.3 Å². The summed E-state index contributed by atoms with van der Waals surface area (Å²) in [5, 5.41) is 8.09. The Morgan fingerprint density at radius 2 is 1.96 bits per heavy atom. The highest BCUT2D eigenvalue weighted by Gasteiger charge is 2.13. The summed E-state index contributed by atoms with van der Waals surface area (Å²) in [7, 11) is 0. The van der Waals surface area contributed by atoms with Crippen LogP contribution in [0.2, 0.25) is 0 Å². The molecule has 0 radical (unpaired) electrons. The molecule has 0 spiro atoms. The summed E-state index contributed by atoms with van der Waals surface area (Å²) in [6.07, 6.45) is 7.30. The van der Waals surface area contributed by atoms with E-state index in [1.54, 1.807) is 0 Å². The van der Waals surface area contributed by atoms with Gasteiger partial charge in [0, 0.05) is 23.3 Å². The number of hydrogen-bond donors (Lipinski definition) is 3. The van der Waals surface area contributed by atoms with Gasteiger partial charge in [0.2, 0.25) is 5.91 Å². The number of hydrogen-bond acceptors (Lipinski definition) is 3. The predicted molar refractivity (Wildman–Crippen MR) is 106 cm³/mol. The van der Waals surface area contributed by atoms with E-state index in [1.165, 1.54) is 19.3 Å². The average molecular weight is 426 g/mol. The van der Waals surface area contributed by atoms with Gasteiger partial charge in [-0.15, -0.1) is 0 Å². The number of amides is 3. The molecule has 0 aliphatic heterocycles. The van der Waals surface area contributed by atoms with E-state index >= 15 is 0 Å². The van der Waals surface area contributed by atoms with Crippen LogP contribution in [0.1, 0.15) is 44.1 Å². The molecule has 0 atom stereocenters. The van der Waals surface area contributed by atoms with Gasteiger partial charge in [0.05, 0.1) is 12.6 Å². The first-order chi connectivity index (χ1) is 12.5. The smallest absolute Gasteiger partial charge is 0.315 e. The zero-order valence-electron chi connectivity index (χ0n) is 15.3. The fourth-order valence-electron chi connectivity index (χ4n) is 2.94. The highest BCUT2D eigenvalue weighted by atomic mass is 79.9. The number of benzene rings is 1. The molecule has 3 N–H and O–H groups in total. The van der Waals surface area contributed by atoms with Gasteiger partial charge < -0.3 is 20.7 Å². The van der Waals surface area contributed by atoms with Crippen LogP contribution >= 0.6 is 15.9 Å². The highest BCUT2D eigenvalue weighted by Crippen LogP contribution is 2.20. The maximum absolute atomic E-state index is 11.9. The van der Waals surface area contributed by atoms with E-state index in [0.717, 1.165) is 35.0 Å². The summed E-state index contributed by atoms with van der Waals surface area (Å²) >= 11 is 3.38. The molecule has 3 amide bonds. The largest absolute Gasteiger partial charge is 0.378 e. The second kappa shape index (κ2) is 11.2. The van der Waals surface area contributed by atoms with Crippen molar-refractivity contribution in [3.05, 3.63) is 28.2 Å². The molecule has 1 aromatic rings. The van der Waals surface area contributed by atoms with Crippen LogP contribution in [0.4, 0.5) is 10.5 Å². The Kier molecular flexibility index (Phi) is 8.91. The van der Waals surface area contributed by atoms with Crippen LogP contribution in [-0.2, 0) is 9.53 Å². The predicted octanol–water partition coefficient (Wildman–Crippen LogP) is 3.73. The molecule has 26 heavy (non-hydrogen) atoms. The third-order valence-electron chi connectivity index (χ3n) is 4.38. The molecule has 144 valence electrons. The summed E-state index contributed by atoms with van der Waals surface area (Å²) in [5.74, 6) is -0.258. The van der Waals surface area contributed by atoms with Crippen molar-refractivity contribution >= 4 is 33.6 Å². The molecule has 1 aliphatic rings. The third kappa shape index (κ3) is 7.74. The normalized spacial score (nSPS) is 14.7. The van der Waals surface area contributed by atoms with Crippen molar-refractivity contribution in [3.63, 3.8) is 0 Å². The monoisotopic (exact) mass is 425 g/mol. The molecule has 6 nitrogen and oxygen atoms in total. The molecule has 1 aliphatic carbocycles. The summed E-state index contributed by atoms with van der Waals surface area (Å²) < 4.78 is 6.77. The van der Waals surface area contributed by atoms with E-state index in [1.807, 2.05) is 25.1 Å². The molecule has 1 aromatic carbocycles. The van der Waals surface area contributed by atoms with Gasteiger partial charge in [0.15, 0.2) is 0 Å². The van der Waals surface area contributed by atoms with Gasteiger partial charge in [0.25, 0.3) is 0 Å². The maximum atomic E-state index is 11.9. The standard InChI is InChI=1S/C19H28BrN3O3/c1-14-12-15(20)8-9-17(14)23-18(24)13-22-19(25)21-10-5-11-26-16-6-3-2-4-7-16/h8-9,12,16H,2-7,10-11,13H2,1H3,(H,23,24)(H2,21,22,25). The van der Waals surface area contributed by atoms with Crippen molar-refractivity contribution in [2.75, 3.05) is 25.0 Å². The van der Waals surface area contributed by atoms with Gasteiger partial charge in [-0.3, -0.25) is 4.79 Å². The van der Waals surface area contributed by atoms with Crippen LogP contribution in [0.3, 0.4) is 0 Å². The number of urea groups is 1. The minimum atomic E-state index is -0.342. The maximum Gasteiger partial charge on any atom is 0.315 e. The SMILES string of the molecule is Cc1cc(Br)ccc1NC(=O)CNC(=O)NCCCOC1CCCCC1. The molecule has 0 aromatic heterocycles. The Morgan fingerprint density at radius 1 is 1.19 bits per heavy atom. The summed E-state index contributed by atoms with van der Waals surface area (Å²) in [4.78, 5) is 23.6. The number of anilines is 1. The first kappa shape index (κ1) is 20.7. The second-order valence-corrected chi connectivity index (χ2v) is 7.52. The molecule has 0 heterocycles.